The smallest absolute Gasteiger partial charge is 0.407 e. The van der Waals surface area contributed by atoms with Crippen LogP contribution in [0.4, 0.5) is 4.79 Å². The maximum absolute atomic E-state index is 11.4. The lowest BCUT2D eigenvalue weighted by Crippen LogP contribution is -2.51. The Morgan fingerprint density at radius 1 is 1.67 bits per heavy atom. The molecule has 1 atom stereocenters. The van der Waals surface area contributed by atoms with E-state index < -0.39 is 12.2 Å². The van der Waals surface area contributed by atoms with Crippen LogP contribution < -0.4 is 5.32 Å². The van der Waals surface area contributed by atoms with Gasteiger partial charge in [-0.3, -0.25) is 4.79 Å². The Kier molecular flexibility index (Phi) is 3.94. The zero-order valence-corrected chi connectivity index (χ0v) is 8.10. The van der Waals surface area contributed by atoms with E-state index in [0.29, 0.717) is 0 Å². The molecule has 1 heterocycles. The van der Waals surface area contributed by atoms with Gasteiger partial charge >= 0.3 is 6.09 Å². The fourth-order valence-electron chi connectivity index (χ4n) is 1.23. The van der Waals surface area contributed by atoms with Crippen molar-refractivity contribution in [2.75, 3.05) is 26.2 Å². The summed E-state index contributed by atoms with van der Waals surface area (Å²) in [5.41, 5.74) is 0. The molecule has 0 bridgehead atoms. The van der Waals surface area contributed by atoms with Crippen LogP contribution in [-0.4, -0.2) is 54.4 Å². The first-order valence-electron chi connectivity index (χ1n) is 4.46. The number of morpholine rings is 1. The number of terminal acetylenes is 1. The number of ether oxygens (including phenoxy) is 1. The van der Waals surface area contributed by atoms with Crippen LogP contribution in [0.15, 0.2) is 0 Å². The molecule has 6 nitrogen and oxygen atoms in total. The number of hydrogen-bond acceptors (Lipinski definition) is 3. The molecular weight excluding hydrogens is 200 g/mol. The summed E-state index contributed by atoms with van der Waals surface area (Å²) in [7, 11) is 0. The van der Waals surface area contributed by atoms with E-state index in [4.69, 9.17) is 16.3 Å². The zero-order chi connectivity index (χ0) is 11.3. The molecule has 1 aliphatic rings. The summed E-state index contributed by atoms with van der Waals surface area (Å²) in [6.45, 7) is 0.673. The van der Waals surface area contributed by atoms with Gasteiger partial charge in [0.15, 0.2) is 6.10 Å². The van der Waals surface area contributed by atoms with E-state index in [0.717, 1.165) is 4.90 Å². The van der Waals surface area contributed by atoms with Crippen molar-refractivity contribution in [3.8, 4) is 12.3 Å². The quantitative estimate of drug-likeness (QED) is 0.582. The number of carbonyl (C=O) groups is 2. The van der Waals surface area contributed by atoms with Crippen molar-refractivity contribution >= 4 is 12.0 Å². The van der Waals surface area contributed by atoms with Crippen LogP contribution >= 0.6 is 0 Å². The molecule has 0 unspecified atom stereocenters. The van der Waals surface area contributed by atoms with E-state index in [1.807, 2.05) is 0 Å². The van der Waals surface area contributed by atoms with Crippen molar-refractivity contribution in [1.82, 2.24) is 10.2 Å². The van der Waals surface area contributed by atoms with Crippen LogP contribution in [0.1, 0.15) is 0 Å². The van der Waals surface area contributed by atoms with E-state index in [-0.39, 0.29) is 32.1 Å². The maximum Gasteiger partial charge on any atom is 0.407 e. The third-order valence-electron chi connectivity index (χ3n) is 1.99. The van der Waals surface area contributed by atoms with Gasteiger partial charge in [0.2, 0.25) is 0 Å². The molecule has 0 radical (unpaired) electrons. The first-order valence-corrected chi connectivity index (χ1v) is 4.46. The number of hydrogen-bond donors (Lipinski definition) is 2. The number of carbonyl (C=O) groups excluding carboxylic acids is 1. The Morgan fingerprint density at radius 3 is 3.00 bits per heavy atom. The second-order valence-corrected chi connectivity index (χ2v) is 3.01. The standard InChI is InChI=1S/C9H12N2O4/c1-2-3-10-8(12)7-6-11(9(13)14)4-5-15-7/h1,7H,3-6H2,(H,10,12)(H,13,14)/t7-/m0/s1. The molecule has 1 fully saturated rings. The van der Waals surface area contributed by atoms with Crippen LogP contribution in [0.2, 0.25) is 0 Å². The van der Waals surface area contributed by atoms with Gasteiger partial charge in [-0.15, -0.1) is 6.42 Å². The Labute approximate surface area is 87.2 Å². The first-order chi connectivity index (χ1) is 7.15. The van der Waals surface area contributed by atoms with Crippen molar-refractivity contribution < 1.29 is 19.4 Å². The normalized spacial score (nSPS) is 20.5. The second kappa shape index (κ2) is 5.22. The molecule has 2 N–H and O–H groups in total. The zero-order valence-electron chi connectivity index (χ0n) is 8.10. The fourth-order valence-corrected chi connectivity index (χ4v) is 1.23. The van der Waals surface area contributed by atoms with Crippen molar-refractivity contribution in [3.63, 3.8) is 0 Å². The van der Waals surface area contributed by atoms with E-state index >= 15 is 0 Å². The second-order valence-electron chi connectivity index (χ2n) is 3.01. The largest absolute Gasteiger partial charge is 0.465 e. The predicted octanol–water partition coefficient (Wildman–Crippen LogP) is -0.885. The van der Waals surface area contributed by atoms with Crippen molar-refractivity contribution in [1.29, 1.82) is 0 Å². The maximum atomic E-state index is 11.4. The Morgan fingerprint density at radius 2 is 2.40 bits per heavy atom. The highest BCUT2D eigenvalue weighted by Gasteiger charge is 2.28. The molecule has 15 heavy (non-hydrogen) atoms. The van der Waals surface area contributed by atoms with E-state index in [1.54, 1.807) is 0 Å². The minimum atomic E-state index is -1.05. The number of rotatable bonds is 2. The van der Waals surface area contributed by atoms with Gasteiger partial charge in [-0.2, -0.15) is 0 Å². The molecule has 0 aromatic rings. The van der Waals surface area contributed by atoms with Gasteiger partial charge in [-0.05, 0) is 0 Å². The summed E-state index contributed by atoms with van der Waals surface area (Å²) in [4.78, 5) is 23.2. The van der Waals surface area contributed by atoms with Gasteiger partial charge < -0.3 is 20.1 Å². The van der Waals surface area contributed by atoms with Gasteiger partial charge in [0.25, 0.3) is 5.91 Å². The lowest BCUT2D eigenvalue weighted by atomic mass is 10.2. The molecule has 0 saturated carbocycles. The predicted molar refractivity (Wildman–Crippen MR) is 51.2 cm³/mol. The minimum Gasteiger partial charge on any atom is -0.465 e. The van der Waals surface area contributed by atoms with Crippen molar-refractivity contribution in [3.05, 3.63) is 0 Å². The van der Waals surface area contributed by atoms with Crippen LogP contribution in [0.5, 0.6) is 0 Å². The highest BCUT2D eigenvalue weighted by atomic mass is 16.5. The molecule has 82 valence electrons. The van der Waals surface area contributed by atoms with Gasteiger partial charge in [0.1, 0.15) is 0 Å². The summed E-state index contributed by atoms with van der Waals surface area (Å²) in [6, 6.07) is 0. The number of carboxylic acid groups (broad SMARTS) is 1. The highest BCUT2D eigenvalue weighted by molar-refractivity contribution is 5.82. The van der Waals surface area contributed by atoms with E-state index in [1.165, 1.54) is 0 Å². The van der Waals surface area contributed by atoms with Gasteiger partial charge in [-0.1, -0.05) is 5.92 Å². The fraction of sp³-hybridized carbons (Fsp3) is 0.556. The molecular formula is C9H12N2O4. The molecule has 1 rings (SSSR count). The lowest BCUT2D eigenvalue weighted by Gasteiger charge is -2.29. The van der Waals surface area contributed by atoms with Gasteiger partial charge in [-0.25, -0.2) is 4.79 Å². The Balaban J connectivity index is 2.45. The molecule has 6 heteroatoms. The average Bonchev–Trinajstić information content (AvgIpc) is 2.26. The Hall–Kier alpha value is -1.74. The summed E-state index contributed by atoms with van der Waals surface area (Å²) in [5.74, 6) is 1.88. The molecule has 0 aromatic carbocycles. The molecule has 0 aromatic heterocycles. The first kappa shape index (κ1) is 11.3. The third kappa shape index (κ3) is 3.14. The van der Waals surface area contributed by atoms with Crippen LogP contribution in [0.3, 0.4) is 0 Å². The van der Waals surface area contributed by atoms with Gasteiger partial charge in [0.05, 0.1) is 19.7 Å². The van der Waals surface area contributed by atoms with Crippen LogP contribution in [0, 0.1) is 12.3 Å². The third-order valence-corrected chi connectivity index (χ3v) is 1.99. The van der Waals surface area contributed by atoms with Gasteiger partial charge in [0, 0.05) is 6.54 Å². The monoisotopic (exact) mass is 212 g/mol. The molecule has 1 aliphatic heterocycles. The topological polar surface area (TPSA) is 78.9 Å². The molecule has 1 saturated heterocycles. The summed E-state index contributed by atoms with van der Waals surface area (Å²) in [6.07, 6.45) is 3.16. The highest BCUT2D eigenvalue weighted by Crippen LogP contribution is 2.05. The molecule has 0 aliphatic carbocycles. The van der Waals surface area contributed by atoms with E-state index in [2.05, 4.69) is 11.2 Å². The molecule has 0 spiro atoms. The summed E-state index contributed by atoms with van der Waals surface area (Å²) >= 11 is 0. The number of nitrogens with zero attached hydrogens (tertiary/aromatic N) is 1. The number of amides is 2. The minimum absolute atomic E-state index is 0.0474. The van der Waals surface area contributed by atoms with E-state index in [9.17, 15) is 9.59 Å². The van der Waals surface area contributed by atoms with Crippen molar-refractivity contribution in [2.45, 2.75) is 6.10 Å². The van der Waals surface area contributed by atoms with Crippen molar-refractivity contribution in [2.24, 2.45) is 0 Å². The van der Waals surface area contributed by atoms with Crippen LogP contribution in [0.25, 0.3) is 0 Å². The SMILES string of the molecule is C#CCNC(=O)[C@@H]1CN(C(=O)O)CCO1. The molecule has 2 amide bonds. The average molecular weight is 212 g/mol. The van der Waals surface area contributed by atoms with Crippen LogP contribution in [-0.2, 0) is 9.53 Å². The summed E-state index contributed by atoms with van der Waals surface area (Å²) in [5, 5.41) is 11.2. The Bertz CT molecular complexity index is 297. The lowest BCUT2D eigenvalue weighted by molar-refractivity contribution is -0.137. The number of nitrogens with one attached hydrogen (secondary N) is 1. The summed E-state index contributed by atoms with van der Waals surface area (Å²) < 4.78 is 5.13.